The number of aryl methyl sites for hydroxylation is 1. The molecule has 2 saturated carbocycles. The van der Waals surface area contributed by atoms with Crippen molar-refractivity contribution in [1.29, 1.82) is 0 Å². The van der Waals surface area contributed by atoms with E-state index < -0.39 is 25.1 Å². The molecular formula is C32H37ClF3N3O4S. The van der Waals surface area contributed by atoms with Crippen molar-refractivity contribution < 1.29 is 32.6 Å². The van der Waals surface area contributed by atoms with E-state index in [9.17, 15) is 22.8 Å². The van der Waals surface area contributed by atoms with Gasteiger partial charge in [-0.3, -0.25) is 9.36 Å². The molecule has 7 nitrogen and oxygen atoms in total. The van der Waals surface area contributed by atoms with Crippen LogP contribution in [0.2, 0.25) is 5.02 Å². The number of halogens is 4. The van der Waals surface area contributed by atoms with Crippen LogP contribution in [-0.2, 0) is 28.4 Å². The number of nitrogens with zero attached hydrogens (tertiary/aromatic N) is 2. The molecule has 1 amide bonds. The van der Waals surface area contributed by atoms with Crippen molar-refractivity contribution in [3.63, 3.8) is 0 Å². The summed E-state index contributed by atoms with van der Waals surface area (Å²) in [5.74, 6) is 1.57. The van der Waals surface area contributed by atoms with Gasteiger partial charge in [0.05, 0.1) is 29.4 Å². The SMILES string of the molecule is CC(=O)NC1(C(=O)O)CCC1.CCc1nc(CF)n2c1CS[C@H](c1cccc(OC)c1C1CC1)c1cc(Cl)ccc1-2.FCF. The number of carbonyl (C=O) groups excluding carboxylic acids is 1. The molecule has 1 aromatic heterocycles. The minimum atomic E-state index is -1.75. The highest BCUT2D eigenvalue weighted by Gasteiger charge is 2.45. The van der Waals surface area contributed by atoms with Gasteiger partial charge in [-0.1, -0.05) is 30.7 Å². The van der Waals surface area contributed by atoms with Gasteiger partial charge < -0.3 is 15.2 Å². The molecule has 6 rings (SSSR count). The lowest BCUT2D eigenvalue weighted by molar-refractivity contribution is -0.151. The lowest BCUT2D eigenvalue weighted by atomic mass is 9.77. The molecule has 1 atom stereocenters. The van der Waals surface area contributed by atoms with Gasteiger partial charge in [0.1, 0.15) is 23.8 Å². The number of benzene rings is 2. The highest BCUT2D eigenvalue weighted by molar-refractivity contribution is 7.99. The lowest BCUT2D eigenvalue weighted by Gasteiger charge is -2.37. The number of rotatable bonds is 7. The topological polar surface area (TPSA) is 93.5 Å². The summed E-state index contributed by atoms with van der Waals surface area (Å²) in [6, 6.07) is 12.3. The second-order valence-corrected chi connectivity index (χ2v) is 12.4. The van der Waals surface area contributed by atoms with Crippen LogP contribution in [0.25, 0.3) is 5.69 Å². The van der Waals surface area contributed by atoms with Crippen LogP contribution in [0.4, 0.5) is 13.2 Å². The molecule has 0 unspecified atom stereocenters. The Bertz CT molecular complexity index is 1490. The summed E-state index contributed by atoms with van der Waals surface area (Å²) in [6.07, 6.45) is 5.18. The molecule has 2 aliphatic carbocycles. The molecule has 0 saturated heterocycles. The first kappa shape index (κ1) is 33.7. The first-order chi connectivity index (χ1) is 21.1. The Kier molecular flexibility index (Phi) is 11.3. The number of imidazole rings is 1. The fraction of sp³-hybridized carbons (Fsp3) is 0.469. The van der Waals surface area contributed by atoms with E-state index in [4.69, 9.17) is 21.4 Å². The first-order valence-electron chi connectivity index (χ1n) is 14.5. The number of ether oxygens (including phenoxy) is 1. The van der Waals surface area contributed by atoms with Crippen molar-refractivity contribution in [2.75, 3.05) is 14.0 Å². The molecule has 238 valence electrons. The normalized spacial score (nSPS) is 17.7. The number of carboxylic acid groups (broad SMARTS) is 1. The number of carbonyl (C=O) groups is 2. The van der Waals surface area contributed by atoms with Gasteiger partial charge in [0, 0.05) is 23.3 Å². The Morgan fingerprint density at radius 1 is 1.18 bits per heavy atom. The molecule has 2 fully saturated rings. The number of aromatic nitrogens is 2. The summed E-state index contributed by atoms with van der Waals surface area (Å²) in [7, 11) is 1.74. The van der Waals surface area contributed by atoms with Crippen LogP contribution >= 0.6 is 23.4 Å². The number of aliphatic carboxylic acids is 1. The predicted molar refractivity (Wildman–Crippen MR) is 166 cm³/mol. The Morgan fingerprint density at radius 2 is 1.89 bits per heavy atom. The third-order valence-corrected chi connectivity index (χ3v) is 9.62. The van der Waals surface area contributed by atoms with E-state index in [-0.39, 0.29) is 11.2 Å². The Morgan fingerprint density at radius 3 is 2.39 bits per heavy atom. The third-order valence-electron chi connectivity index (χ3n) is 8.10. The van der Waals surface area contributed by atoms with Crippen molar-refractivity contribution in [1.82, 2.24) is 14.9 Å². The van der Waals surface area contributed by atoms with E-state index in [1.54, 1.807) is 7.11 Å². The molecule has 1 aliphatic heterocycles. The second kappa shape index (κ2) is 14.7. The molecule has 0 spiro atoms. The maximum Gasteiger partial charge on any atom is 0.329 e. The number of methoxy groups -OCH3 is 1. The molecule has 0 radical (unpaired) electrons. The summed E-state index contributed by atoms with van der Waals surface area (Å²) in [4.78, 5) is 25.8. The third kappa shape index (κ3) is 7.04. The average molecular weight is 652 g/mol. The van der Waals surface area contributed by atoms with Crippen LogP contribution in [0, 0.1) is 0 Å². The molecule has 3 aromatic rings. The van der Waals surface area contributed by atoms with E-state index in [1.165, 1.54) is 30.9 Å². The minimum absolute atomic E-state index is 0.0986. The molecule has 2 heterocycles. The zero-order valence-corrected chi connectivity index (χ0v) is 26.5. The molecule has 44 heavy (non-hydrogen) atoms. The van der Waals surface area contributed by atoms with Gasteiger partial charge in [-0.2, -0.15) is 0 Å². The van der Waals surface area contributed by atoms with Crippen molar-refractivity contribution in [3.8, 4) is 11.4 Å². The zero-order valence-electron chi connectivity index (χ0n) is 25.0. The zero-order chi connectivity index (χ0) is 32.0. The fourth-order valence-electron chi connectivity index (χ4n) is 5.84. The summed E-state index contributed by atoms with van der Waals surface area (Å²) in [6.45, 7) is 1.08. The molecule has 2 N–H and O–H groups in total. The predicted octanol–water partition coefficient (Wildman–Crippen LogP) is 7.79. The summed E-state index contributed by atoms with van der Waals surface area (Å²) in [5, 5.41) is 12.0. The van der Waals surface area contributed by atoms with Gasteiger partial charge in [0.15, 0.2) is 0 Å². The van der Waals surface area contributed by atoms with Crippen LogP contribution < -0.4 is 10.1 Å². The van der Waals surface area contributed by atoms with Crippen molar-refractivity contribution in [2.45, 2.75) is 81.5 Å². The summed E-state index contributed by atoms with van der Waals surface area (Å²) >= 11 is 8.32. The summed E-state index contributed by atoms with van der Waals surface area (Å²) < 4.78 is 40.9. The number of hydrogen-bond acceptors (Lipinski definition) is 5. The summed E-state index contributed by atoms with van der Waals surface area (Å²) in [5.41, 5.74) is 5.82. The highest BCUT2D eigenvalue weighted by Crippen LogP contribution is 2.53. The Hall–Kier alpha value is -3.18. The molecule has 3 aliphatic rings. The van der Waals surface area contributed by atoms with Gasteiger partial charge in [0.2, 0.25) is 12.8 Å². The average Bonchev–Trinajstić information content (AvgIpc) is 3.78. The Labute approximate surface area is 264 Å². The minimum Gasteiger partial charge on any atom is -0.496 e. The van der Waals surface area contributed by atoms with Crippen molar-refractivity contribution >= 4 is 35.2 Å². The van der Waals surface area contributed by atoms with Crippen LogP contribution in [0.1, 0.15) is 91.0 Å². The van der Waals surface area contributed by atoms with E-state index >= 15 is 0 Å². The van der Waals surface area contributed by atoms with Crippen LogP contribution in [0.15, 0.2) is 36.4 Å². The maximum absolute atomic E-state index is 13.9. The van der Waals surface area contributed by atoms with Gasteiger partial charge in [-0.05, 0) is 79.8 Å². The van der Waals surface area contributed by atoms with E-state index in [0.29, 0.717) is 29.6 Å². The molecule has 0 bridgehead atoms. The Balaban J connectivity index is 0.000000264. The largest absolute Gasteiger partial charge is 0.496 e. The van der Waals surface area contributed by atoms with Gasteiger partial charge >= 0.3 is 5.97 Å². The van der Waals surface area contributed by atoms with Gasteiger partial charge in [-0.25, -0.2) is 22.9 Å². The molecule has 12 heteroatoms. The van der Waals surface area contributed by atoms with E-state index in [1.807, 2.05) is 34.5 Å². The monoisotopic (exact) mass is 651 g/mol. The number of carboxylic acids is 1. The van der Waals surface area contributed by atoms with Gasteiger partial charge in [0.25, 0.3) is 0 Å². The van der Waals surface area contributed by atoms with E-state index in [0.717, 1.165) is 47.0 Å². The van der Waals surface area contributed by atoms with Crippen LogP contribution in [0.3, 0.4) is 0 Å². The fourth-order valence-corrected chi connectivity index (χ4v) is 7.40. The quantitative estimate of drug-likeness (QED) is 0.271. The van der Waals surface area contributed by atoms with E-state index in [2.05, 4.69) is 35.4 Å². The number of nitrogens with one attached hydrogen (secondary N) is 1. The first-order valence-corrected chi connectivity index (χ1v) is 15.9. The highest BCUT2D eigenvalue weighted by atomic mass is 35.5. The molecular weight excluding hydrogens is 615 g/mol. The standard InChI is InChI=1S/C24H24ClFN2OS.C7H11NO3.CH2F2/c1-3-18-20-13-30-24(16-5-4-6-21(29-2)23(16)14-7-8-14)17-11-15(25)9-10-19(17)28(20)22(12-26)27-18;1-5(9)8-7(6(10)11)3-2-4-7;2-1-3/h4-6,9-11,14,24H,3,7-8,12-13H2,1-2H3;2-4H2,1H3,(H,8,9)(H,10,11);1H2/t24-;;/m1../s1. The number of hydrogen-bond donors (Lipinski definition) is 2. The number of amides is 1. The smallest absolute Gasteiger partial charge is 0.329 e. The van der Waals surface area contributed by atoms with Crippen LogP contribution in [-0.4, -0.2) is 46.1 Å². The number of fused-ring (bicyclic) bond motifs is 3. The number of alkyl halides is 3. The van der Waals surface area contributed by atoms with Crippen molar-refractivity contribution in [3.05, 3.63) is 75.3 Å². The van der Waals surface area contributed by atoms with Crippen LogP contribution in [0.5, 0.6) is 5.75 Å². The number of thioether (sulfide) groups is 1. The van der Waals surface area contributed by atoms with Crippen molar-refractivity contribution in [2.24, 2.45) is 0 Å². The maximum atomic E-state index is 13.9. The van der Waals surface area contributed by atoms with Gasteiger partial charge in [-0.15, -0.1) is 11.8 Å². The lowest BCUT2D eigenvalue weighted by Crippen LogP contribution is -2.58. The molecule has 2 aromatic carbocycles. The second-order valence-electron chi connectivity index (χ2n) is 10.9.